The summed E-state index contributed by atoms with van der Waals surface area (Å²) in [7, 11) is -3.40. The molecule has 2 aromatic rings. The number of carbonyl (C=O) groups excluding carboxylic acids is 1. The third-order valence-electron chi connectivity index (χ3n) is 4.51. The second kappa shape index (κ2) is 11.2. The van der Waals surface area contributed by atoms with E-state index < -0.39 is 27.8 Å². The molecule has 7 nitrogen and oxygen atoms in total. The van der Waals surface area contributed by atoms with Crippen LogP contribution in [0.25, 0.3) is 6.08 Å². The van der Waals surface area contributed by atoms with Gasteiger partial charge in [0.15, 0.2) is 0 Å². The van der Waals surface area contributed by atoms with E-state index in [1.165, 1.54) is 18.2 Å². The molecular weight excluding hydrogens is 457 g/mol. The Bertz CT molecular complexity index is 1120. The number of anilines is 2. The zero-order valence-electron chi connectivity index (χ0n) is 18.6. The van der Waals surface area contributed by atoms with Crippen LogP contribution in [0.4, 0.5) is 24.7 Å². The monoisotopic (exact) mass is 484 g/mol. The van der Waals surface area contributed by atoms with Crippen LogP contribution in [0.3, 0.4) is 0 Å². The molecule has 0 spiro atoms. The number of alkyl halides is 3. The number of unbranched alkanes of at least 4 members (excludes halogenated alkanes) is 1. The minimum absolute atomic E-state index is 0.0620. The summed E-state index contributed by atoms with van der Waals surface area (Å²) in [6.07, 6.45) is 0.752. The molecule has 0 radical (unpaired) electrons. The lowest BCUT2D eigenvalue weighted by atomic mass is 10.1. The van der Waals surface area contributed by atoms with Gasteiger partial charge in [-0.1, -0.05) is 25.5 Å². The van der Waals surface area contributed by atoms with Crippen LogP contribution >= 0.6 is 0 Å². The number of benzene rings is 1. The largest absolute Gasteiger partial charge is 0.433 e. The molecule has 180 valence electrons. The van der Waals surface area contributed by atoms with Gasteiger partial charge in [-0.2, -0.15) is 13.2 Å². The summed E-state index contributed by atoms with van der Waals surface area (Å²) in [6.45, 7) is 4.35. The fourth-order valence-corrected chi connectivity index (χ4v) is 3.48. The second-order valence-corrected chi connectivity index (χ2v) is 9.24. The van der Waals surface area contributed by atoms with Gasteiger partial charge in [-0.05, 0) is 48.7 Å². The van der Waals surface area contributed by atoms with E-state index in [-0.39, 0.29) is 12.4 Å². The molecule has 0 atom stereocenters. The van der Waals surface area contributed by atoms with Gasteiger partial charge in [-0.3, -0.25) is 9.52 Å². The minimum Gasteiger partial charge on any atom is -0.370 e. The maximum Gasteiger partial charge on any atom is 0.433 e. The molecule has 0 saturated carbocycles. The first-order valence-corrected chi connectivity index (χ1v) is 12.1. The Kier molecular flexibility index (Phi) is 8.86. The molecule has 0 unspecified atom stereocenters. The Balaban J connectivity index is 2.06. The second-order valence-electron chi connectivity index (χ2n) is 7.49. The fourth-order valence-electron chi connectivity index (χ4n) is 2.85. The van der Waals surface area contributed by atoms with E-state index in [4.69, 9.17) is 0 Å². The lowest BCUT2D eigenvalue weighted by Crippen LogP contribution is -2.20. The number of nitrogens with zero attached hydrogens (tertiary/aromatic N) is 1. The van der Waals surface area contributed by atoms with Gasteiger partial charge in [0.05, 0.1) is 11.9 Å². The van der Waals surface area contributed by atoms with E-state index in [2.05, 4.69) is 20.3 Å². The molecule has 1 heterocycles. The lowest BCUT2D eigenvalue weighted by Gasteiger charge is -2.12. The first-order chi connectivity index (χ1) is 15.4. The Morgan fingerprint density at radius 3 is 2.52 bits per heavy atom. The standard InChI is InChI=1S/C22H27F3N4O3S/c1-4-5-12-26-21-17(7-10-19(28-21)22(23,24)25)8-11-20(30)27-14-16-6-9-18(15(2)13-16)29-33(3,31)32/h6-11,13,29H,4-5,12,14H2,1-3H3,(H,26,28)(H,27,30). The average Bonchev–Trinajstić information content (AvgIpc) is 2.71. The predicted molar refractivity (Wildman–Crippen MR) is 123 cm³/mol. The minimum atomic E-state index is -4.56. The third kappa shape index (κ3) is 8.76. The van der Waals surface area contributed by atoms with Crippen molar-refractivity contribution in [2.45, 2.75) is 39.4 Å². The molecule has 1 aromatic carbocycles. The number of carbonyl (C=O) groups is 1. The number of amides is 1. The molecule has 1 amide bonds. The number of rotatable bonds is 10. The summed E-state index contributed by atoms with van der Waals surface area (Å²) >= 11 is 0. The summed E-state index contributed by atoms with van der Waals surface area (Å²) in [6, 6.07) is 7.17. The van der Waals surface area contributed by atoms with Crippen molar-refractivity contribution in [2.24, 2.45) is 0 Å². The van der Waals surface area contributed by atoms with Crippen molar-refractivity contribution in [3.63, 3.8) is 0 Å². The lowest BCUT2D eigenvalue weighted by molar-refractivity contribution is -0.141. The number of nitrogens with one attached hydrogen (secondary N) is 3. The number of hydrogen-bond donors (Lipinski definition) is 3. The highest BCUT2D eigenvalue weighted by Gasteiger charge is 2.32. The zero-order chi connectivity index (χ0) is 24.6. The van der Waals surface area contributed by atoms with Crippen molar-refractivity contribution in [2.75, 3.05) is 22.8 Å². The van der Waals surface area contributed by atoms with Crippen molar-refractivity contribution in [3.8, 4) is 0 Å². The molecule has 0 aliphatic rings. The van der Waals surface area contributed by atoms with E-state index in [1.54, 1.807) is 25.1 Å². The molecule has 11 heteroatoms. The number of hydrogen-bond acceptors (Lipinski definition) is 5. The summed E-state index contributed by atoms with van der Waals surface area (Å²) in [5, 5.41) is 5.58. The highest BCUT2D eigenvalue weighted by atomic mass is 32.2. The van der Waals surface area contributed by atoms with E-state index in [1.807, 2.05) is 6.92 Å². The normalized spacial score (nSPS) is 12.1. The van der Waals surface area contributed by atoms with E-state index in [9.17, 15) is 26.4 Å². The molecule has 1 aromatic heterocycles. The van der Waals surface area contributed by atoms with Crippen LogP contribution in [-0.4, -0.2) is 32.1 Å². The maximum atomic E-state index is 13.0. The Labute approximate surface area is 191 Å². The van der Waals surface area contributed by atoms with Gasteiger partial charge in [-0.15, -0.1) is 0 Å². The Morgan fingerprint density at radius 1 is 1.18 bits per heavy atom. The molecule has 0 saturated heterocycles. The fraction of sp³-hybridized carbons (Fsp3) is 0.364. The van der Waals surface area contributed by atoms with Gasteiger partial charge in [-0.25, -0.2) is 13.4 Å². The Hall–Kier alpha value is -3.08. The van der Waals surface area contributed by atoms with Gasteiger partial charge in [0, 0.05) is 24.7 Å². The first-order valence-electron chi connectivity index (χ1n) is 10.2. The number of halogens is 3. The van der Waals surface area contributed by atoms with Crippen molar-refractivity contribution >= 4 is 33.5 Å². The number of sulfonamides is 1. The molecule has 0 aliphatic heterocycles. The van der Waals surface area contributed by atoms with Crippen LogP contribution in [0.1, 0.15) is 42.1 Å². The van der Waals surface area contributed by atoms with Crippen LogP contribution in [-0.2, 0) is 27.5 Å². The van der Waals surface area contributed by atoms with Gasteiger partial charge in [0.1, 0.15) is 11.5 Å². The van der Waals surface area contributed by atoms with E-state index >= 15 is 0 Å². The molecule has 3 N–H and O–H groups in total. The molecule has 0 bridgehead atoms. The van der Waals surface area contributed by atoms with Gasteiger partial charge in [0.25, 0.3) is 0 Å². The first kappa shape index (κ1) is 26.2. The van der Waals surface area contributed by atoms with Crippen LogP contribution < -0.4 is 15.4 Å². The number of aromatic nitrogens is 1. The highest BCUT2D eigenvalue weighted by Crippen LogP contribution is 2.30. The van der Waals surface area contributed by atoms with Crippen molar-refractivity contribution < 1.29 is 26.4 Å². The average molecular weight is 485 g/mol. The molecule has 2 rings (SSSR count). The van der Waals surface area contributed by atoms with E-state index in [0.717, 1.165) is 30.7 Å². The van der Waals surface area contributed by atoms with Crippen LogP contribution in [0.2, 0.25) is 0 Å². The summed E-state index contributed by atoms with van der Waals surface area (Å²) in [5.74, 6) is -0.377. The zero-order valence-corrected chi connectivity index (χ0v) is 19.4. The van der Waals surface area contributed by atoms with Crippen LogP contribution in [0.5, 0.6) is 0 Å². The Morgan fingerprint density at radius 2 is 1.91 bits per heavy atom. The molecule has 33 heavy (non-hydrogen) atoms. The SMILES string of the molecule is CCCCNc1nc(C(F)(F)F)ccc1C=CC(=O)NCc1ccc(NS(C)(=O)=O)c(C)c1. The smallest absolute Gasteiger partial charge is 0.370 e. The van der Waals surface area contributed by atoms with Crippen LogP contribution in [0, 0.1) is 6.92 Å². The quantitative estimate of drug-likeness (QED) is 0.345. The number of pyridine rings is 1. The van der Waals surface area contributed by atoms with Gasteiger partial charge < -0.3 is 10.6 Å². The van der Waals surface area contributed by atoms with Crippen molar-refractivity contribution in [3.05, 3.63) is 58.8 Å². The predicted octanol–water partition coefficient (Wildman–Crippen LogP) is 4.32. The van der Waals surface area contributed by atoms with Gasteiger partial charge in [0.2, 0.25) is 15.9 Å². The summed E-state index contributed by atoms with van der Waals surface area (Å²) < 4.78 is 64.1. The molecule has 0 aliphatic carbocycles. The van der Waals surface area contributed by atoms with Crippen molar-refractivity contribution in [1.29, 1.82) is 0 Å². The third-order valence-corrected chi connectivity index (χ3v) is 5.10. The molecular formula is C22H27F3N4O3S. The van der Waals surface area contributed by atoms with Crippen LogP contribution in [0.15, 0.2) is 36.4 Å². The summed E-state index contributed by atoms with van der Waals surface area (Å²) in [5.41, 5.74) is 1.26. The maximum absolute atomic E-state index is 13.0. The highest BCUT2D eigenvalue weighted by molar-refractivity contribution is 7.92. The van der Waals surface area contributed by atoms with E-state index in [0.29, 0.717) is 23.4 Å². The van der Waals surface area contributed by atoms with Gasteiger partial charge >= 0.3 is 6.18 Å². The number of aryl methyl sites for hydroxylation is 1. The summed E-state index contributed by atoms with van der Waals surface area (Å²) in [4.78, 5) is 15.9. The molecule has 0 fully saturated rings. The van der Waals surface area contributed by atoms with Crippen molar-refractivity contribution in [1.82, 2.24) is 10.3 Å². The topological polar surface area (TPSA) is 100 Å².